The summed E-state index contributed by atoms with van der Waals surface area (Å²) in [5.41, 5.74) is 3.28. The minimum Gasteiger partial charge on any atom is -0.420 e. The van der Waals surface area contributed by atoms with E-state index < -0.39 is 34.0 Å². The van der Waals surface area contributed by atoms with Crippen LogP contribution in [0.15, 0.2) is 21.3 Å². The molecule has 0 radical (unpaired) electrons. The number of nitrogens with two attached hydrogens (primary N) is 1. The second kappa shape index (κ2) is 3.01. The van der Waals surface area contributed by atoms with Crippen LogP contribution in [0.25, 0.3) is 11.0 Å². The zero-order valence-electron chi connectivity index (χ0n) is 7.18. The average Bonchev–Trinajstić information content (AvgIpc) is 2.13. The number of hydrogen-bond acceptors (Lipinski definition) is 3. The van der Waals surface area contributed by atoms with Crippen molar-refractivity contribution in [2.24, 2.45) is 0 Å². The monoisotopic (exact) mass is 215 g/mol. The van der Waals surface area contributed by atoms with Gasteiger partial charge >= 0.3 is 5.63 Å². The molecule has 0 amide bonds. The molecule has 2 rings (SSSR count). The predicted octanol–water partition coefficient (Wildman–Crippen LogP) is 1.79. The summed E-state index contributed by atoms with van der Waals surface area (Å²) in [4.78, 5) is 10.7. The number of anilines is 1. The van der Waals surface area contributed by atoms with E-state index in [0.717, 1.165) is 12.1 Å². The first-order chi connectivity index (χ1) is 7.00. The largest absolute Gasteiger partial charge is 0.420 e. The molecule has 0 aliphatic heterocycles. The molecule has 2 N–H and O–H groups in total. The van der Waals surface area contributed by atoms with Crippen LogP contribution in [0.5, 0.6) is 0 Å². The van der Waals surface area contributed by atoms with Gasteiger partial charge in [0.1, 0.15) is 11.4 Å². The van der Waals surface area contributed by atoms with Crippen LogP contribution in [0.4, 0.5) is 18.9 Å². The SMILES string of the molecule is Nc1cc(F)c2c(F)c(F)c(=O)oc2c1. The normalized spacial score (nSPS) is 10.9. The Morgan fingerprint density at radius 2 is 1.80 bits per heavy atom. The first-order valence-electron chi connectivity index (χ1n) is 3.87. The number of benzene rings is 1. The molecule has 0 atom stereocenters. The summed E-state index contributed by atoms with van der Waals surface area (Å²) in [5.74, 6) is -4.39. The molecule has 1 heterocycles. The quantitative estimate of drug-likeness (QED) is 0.538. The molecule has 2 aromatic rings. The van der Waals surface area contributed by atoms with Crippen molar-refractivity contribution < 1.29 is 17.6 Å². The lowest BCUT2D eigenvalue weighted by atomic mass is 10.2. The molecule has 1 aromatic heterocycles. The smallest absolute Gasteiger partial charge is 0.375 e. The third-order valence-electron chi connectivity index (χ3n) is 1.87. The van der Waals surface area contributed by atoms with Gasteiger partial charge in [-0.3, -0.25) is 0 Å². The molecule has 0 aliphatic carbocycles. The van der Waals surface area contributed by atoms with Gasteiger partial charge < -0.3 is 10.2 Å². The van der Waals surface area contributed by atoms with Crippen LogP contribution in [0, 0.1) is 17.5 Å². The minimum atomic E-state index is -1.74. The maximum atomic E-state index is 13.2. The minimum absolute atomic E-state index is 0.0471. The molecule has 0 saturated carbocycles. The maximum absolute atomic E-state index is 13.2. The molecule has 3 nitrogen and oxygen atoms in total. The highest BCUT2D eigenvalue weighted by Gasteiger charge is 2.17. The van der Waals surface area contributed by atoms with Crippen molar-refractivity contribution in [1.82, 2.24) is 0 Å². The highest BCUT2D eigenvalue weighted by atomic mass is 19.2. The average molecular weight is 215 g/mol. The zero-order chi connectivity index (χ0) is 11.2. The lowest BCUT2D eigenvalue weighted by Crippen LogP contribution is -2.08. The van der Waals surface area contributed by atoms with E-state index in [2.05, 4.69) is 4.42 Å². The van der Waals surface area contributed by atoms with E-state index in [1.807, 2.05) is 0 Å². The van der Waals surface area contributed by atoms with Gasteiger partial charge in [-0.1, -0.05) is 0 Å². The summed E-state index contributed by atoms with van der Waals surface area (Å²) in [5, 5.41) is -0.721. The molecular formula is C9H4F3NO2. The standard InChI is InChI=1S/C9H4F3NO2/c10-4-1-3(13)2-5-6(4)7(11)8(12)9(14)15-5/h1-2H,13H2. The molecule has 15 heavy (non-hydrogen) atoms. The summed E-state index contributed by atoms with van der Waals surface area (Å²) in [6, 6.07) is 1.85. The van der Waals surface area contributed by atoms with Gasteiger partial charge in [-0.25, -0.2) is 13.6 Å². The molecule has 6 heteroatoms. The lowest BCUT2D eigenvalue weighted by molar-refractivity contribution is 0.434. The molecule has 0 spiro atoms. The summed E-state index contributed by atoms with van der Waals surface area (Å²) in [7, 11) is 0. The topological polar surface area (TPSA) is 56.2 Å². The molecule has 0 unspecified atom stereocenters. The Hall–Kier alpha value is -1.98. The second-order valence-electron chi connectivity index (χ2n) is 2.89. The predicted molar refractivity (Wildman–Crippen MR) is 46.8 cm³/mol. The Kier molecular flexibility index (Phi) is 1.92. The van der Waals surface area contributed by atoms with E-state index in [1.54, 1.807) is 0 Å². The zero-order valence-corrected chi connectivity index (χ0v) is 7.18. The van der Waals surface area contributed by atoms with Crippen LogP contribution in [-0.2, 0) is 0 Å². The van der Waals surface area contributed by atoms with E-state index in [4.69, 9.17) is 5.73 Å². The second-order valence-corrected chi connectivity index (χ2v) is 2.89. The van der Waals surface area contributed by atoms with Gasteiger partial charge in [0.05, 0.1) is 5.39 Å². The van der Waals surface area contributed by atoms with Crippen LogP contribution >= 0.6 is 0 Å². The third-order valence-corrected chi connectivity index (χ3v) is 1.87. The van der Waals surface area contributed by atoms with Crippen molar-refractivity contribution in [3.8, 4) is 0 Å². The van der Waals surface area contributed by atoms with Gasteiger partial charge in [0.15, 0.2) is 5.82 Å². The Morgan fingerprint density at radius 3 is 2.47 bits per heavy atom. The summed E-state index contributed by atoms with van der Waals surface area (Å²) in [6.45, 7) is 0. The molecule has 78 valence electrons. The highest BCUT2D eigenvalue weighted by molar-refractivity contribution is 5.81. The van der Waals surface area contributed by atoms with Gasteiger partial charge in [0.25, 0.3) is 0 Å². The van der Waals surface area contributed by atoms with Gasteiger partial charge in [0, 0.05) is 11.8 Å². The van der Waals surface area contributed by atoms with Crippen molar-refractivity contribution in [2.75, 3.05) is 5.73 Å². The number of rotatable bonds is 0. The van der Waals surface area contributed by atoms with E-state index in [-0.39, 0.29) is 5.69 Å². The Morgan fingerprint density at radius 1 is 1.13 bits per heavy atom. The highest BCUT2D eigenvalue weighted by Crippen LogP contribution is 2.23. The maximum Gasteiger partial charge on any atom is 0.375 e. The summed E-state index contributed by atoms with van der Waals surface area (Å²) >= 11 is 0. The van der Waals surface area contributed by atoms with E-state index in [9.17, 15) is 18.0 Å². The molecule has 0 bridgehead atoms. The lowest BCUT2D eigenvalue weighted by Gasteiger charge is -2.01. The Labute approximate surface area is 80.9 Å². The van der Waals surface area contributed by atoms with Crippen molar-refractivity contribution >= 4 is 16.7 Å². The van der Waals surface area contributed by atoms with Crippen molar-refractivity contribution in [3.63, 3.8) is 0 Å². The van der Waals surface area contributed by atoms with Gasteiger partial charge in [-0.15, -0.1) is 0 Å². The van der Waals surface area contributed by atoms with Crippen LogP contribution in [-0.4, -0.2) is 0 Å². The van der Waals surface area contributed by atoms with E-state index in [1.165, 1.54) is 0 Å². The Bertz CT molecular complexity index is 606. The van der Waals surface area contributed by atoms with Crippen LogP contribution in [0.2, 0.25) is 0 Å². The fraction of sp³-hybridized carbons (Fsp3) is 0. The van der Waals surface area contributed by atoms with Crippen molar-refractivity contribution in [1.29, 1.82) is 0 Å². The van der Waals surface area contributed by atoms with Crippen LogP contribution < -0.4 is 11.4 Å². The summed E-state index contributed by atoms with van der Waals surface area (Å²) < 4.78 is 43.4. The Balaban J connectivity index is 3.05. The fourth-order valence-electron chi connectivity index (χ4n) is 1.24. The number of hydrogen-bond donors (Lipinski definition) is 1. The molecule has 0 saturated heterocycles. The van der Waals surface area contributed by atoms with Crippen LogP contribution in [0.1, 0.15) is 0 Å². The van der Waals surface area contributed by atoms with E-state index in [0.29, 0.717) is 0 Å². The van der Waals surface area contributed by atoms with Gasteiger partial charge in [-0.05, 0) is 6.07 Å². The summed E-state index contributed by atoms with van der Waals surface area (Å²) in [6.07, 6.45) is 0. The first kappa shape index (κ1) is 9.57. The molecular weight excluding hydrogens is 211 g/mol. The number of fused-ring (bicyclic) bond motifs is 1. The van der Waals surface area contributed by atoms with E-state index >= 15 is 0 Å². The molecule has 0 fully saturated rings. The van der Waals surface area contributed by atoms with Gasteiger partial charge in [-0.2, -0.15) is 4.39 Å². The molecule has 1 aromatic carbocycles. The number of nitrogen functional groups attached to an aromatic ring is 1. The fourth-order valence-corrected chi connectivity index (χ4v) is 1.24. The van der Waals surface area contributed by atoms with Crippen LogP contribution in [0.3, 0.4) is 0 Å². The van der Waals surface area contributed by atoms with Crippen molar-refractivity contribution in [2.45, 2.75) is 0 Å². The van der Waals surface area contributed by atoms with Gasteiger partial charge in [0.2, 0.25) is 5.82 Å². The first-order valence-corrected chi connectivity index (χ1v) is 3.87. The molecule has 0 aliphatic rings. The number of halogens is 3. The third kappa shape index (κ3) is 1.34. The van der Waals surface area contributed by atoms with Crippen molar-refractivity contribution in [3.05, 3.63) is 40.0 Å².